The summed E-state index contributed by atoms with van der Waals surface area (Å²) in [6.07, 6.45) is 1.85. The number of benzene rings is 1. The standard InChI is InChI=1S/C25H44O6Si/c1-7-12-26-13-14-27-15-16-28-17-18-29-19-20-30-21-22-8-10-23(11-9-22)24(25(2,3)4)31-32(5)6/h7-11,24,32H,1,12-21H2,2-6H3. The molecule has 0 aromatic heterocycles. The van der Waals surface area contributed by atoms with Gasteiger partial charge in [-0.3, -0.25) is 0 Å². The zero-order chi connectivity index (χ0) is 23.7. The van der Waals surface area contributed by atoms with Crippen molar-refractivity contribution in [3.63, 3.8) is 0 Å². The highest BCUT2D eigenvalue weighted by atomic mass is 28.3. The molecule has 184 valence electrons. The van der Waals surface area contributed by atoms with E-state index < -0.39 is 9.04 Å². The highest BCUT2D eigenvalue weighted by molar-refractivity contribution is 6.48. The van der Waals surface area contributed by atoms with Crippen molar-refractivity contribution in [1.82, 2.24) is 0 Å². The fraction of sp³-hybridized carbons (Fsp3) is 0.680. The van der Waals surface area contributed by atoms with Gasteiger partial charge >= 0.3 is 0 Å². The molecule has 0 aliphatic carbocycles. The van der Waals surface area contributed by atoms with Crippen molar-refractivity contribution in [3.8, 4) is 0 Å². The molecule has 6 nitrogen and oxygen atoms in total. The molecular formula is C25H44O6Si. The molecule has 0 bridgehead atoms. The van der Waals surface area contributed by atoms with Gasteiger partial charge in [-0.05, 0) is 29.6 Å². The molecule has 0 amide bonds. The summed E-state index contributed by atoms with van der Waals surface area (Å²) in [5.74, 6) is 0. The summed E-state index contributed by atoms with van der Waals surface area (Å²) in [4.78, 5) is 0. The Labute approximate surface area is 196 Å². The molecule has 7 heteroatoms. The zero-order valence-corrected chi connectivity index (χ0v) is 21.9. The van der Waals surface area contributed by atoms with Gasteiger partial charge in [0, 0.05) is 0 Å². The summed E-state index contributed by atoms with van der Waals surface area (Å²) >= 11 is 0. The Hall–Kier alpha value is -1.06. The van der Waals surface area contributed by atoms with Crippen LogP contribution in [0.15, 0.2) is 36.9 Å². The predicted octanol–water partition coefficient (Wildman–Crippen LogP) is 4.54. The van der Waals surface area contributed by atoms with Gasteiger partial charge in [0.05, 0.1) is 72.2 Å². The second kappa shape index (κ2) is 17.4. The maximum Gasteiger partial charge on any atom is 0.171 e. The molecule has 0 N–H and O–H groups in total. The van der Waals surface area contributed by atoms with Crippen molar-refractivity contribution in [2.45, 2.75) is 46.6 Å². The Morgan fingerprint density at radius 3 is 1.69 bits per heavy atom. The molecule has 0 heterocycles. The fourth-order valence-corrected chi connectivity index (χ4v) is 4.09. The Morgan fingerprint density at radius 2 is 1.25 bits per heavy atom. The number of hydrogen-bond donors (Lipinski definition) is 0. The Morgan fingerprint density at radius 1 is 0.781 bits per heavy atom. The summed E-state index contributed by atoms with van der Waals surface area (Å²) in [6.45, 7) is 20.3. The molecule has 1 aromatic carbocycles. The van der Waals surface area contributed by atoms with Gasteiger partial charge in [-0.2, -0.15) is 0 Å². The van der Waals surface area contributed by atoms with Crippen molar-refractivity contribution in [3.05, 3.63) is 48.0 Å². The molecule has 0 fully saturated rings. The third-order valence-electron chi connectivity index (χ3n) is 4.47. The minimum Gasteiger partial charge on any atom is -0.413 e. The van der Waals surface area contributed by atoms with E-state index in [1.165, 1.54) is 5.56 Å². The lowest BCUT2D eigenvalue weighted by Gasteiger charge is -2.33. The van der Waals surface area contributed by atoms with E-state index in [0.717, 1.165) is 5.56 Å². The van der Waals surface area contributed by atoms with Crippen LogP contribution in [0, 0.1) is 5.41 Å². The van der Waals surface area contributed by atoms with Crippen LogP contribution in [0.25, 0.3) is 0 Å². The van der Waals surface area contributed by atoms with Crippen molar-refractivity contribution >= 4 is 9.04 Å². The molecule has 0 aliphatic heterocycles. The van der Waals surface area contributed by atoms with Crippen LogP contribution in [0.1, 0.15) is 38.0 Å². The first-order valence-corrected chi connectivity index (χ1v) is 14.4. The van der Waals surface area contributed by atoms with Crippen LogP contribution in [0.2, 0.25) is 13.1 Å². The average molecular weight is 469 g/mol. The molecule has 1 rings (SSSR count). The van der Waals surface area contributed by atoms with Gasteiger partial charge in [0.15, 0.2) is 9.04 Å². The SMILES string of the molecule is C=CCOCCOCCOCCOCCOCc1ccc(C(O[SiH](C)C)C(C)(C)C)cc1. The van der Waals surface area contributed by atoms with Crippen molar-refractivity contribution < 1.29 is 28.1 Å². The molecule has 32 heavy (non-hydrogen) atoms. The molecule has 0 spiro atoms. The van der Waals surface area contributed by atoms with Gasteiger partial charge in [-0.15, -0.1) is 6.58 Å². The number of rotatable bonds is 19. The van der Waals surface area contributed by atoms with Crippen LogP contribution in [-0.4, -0.2) is 68.5 Å². The third-order valence-corrected chi connectivity index (χ3v) is 5.29. The van der Waals surface area contributed by atoms with Crippen LogP contribution in [0.5, 0.6) is 0 Å². The first-order valence-electron chi connectivity index (χ1n) is 11.6. The van der Waals surface area contributed by atoms with Crippen LogP contribution < -0.4 is 0 Å². The molecule has 0 saturated heterocycles. The van der Waals surface area contributed by atoms with Gasteiger partial charge < -0.3 is 28.1 Å². The van der Waals surface area contributed by atoms with Crippen molar-refractivity contribution in [1.29, 1.82) is 0 Å². The van der Waals surface area contributed by atoms with E-state index >= 15 is 0 Å². The quantitative estimate of drug-likeness (QED) is 0.169. The topological polar surface area (TPSA) is 55.4 Å². The molecule has 1 aromatic rings. The van der Waals surface area contributed by atoms with E-state index in [1.807, 2.05) is 0 Å². The smallest absolute Gasteiger partial charge is 0.171 e. The molecule has 1 atom stereocenters. The van der Waals surface area contributed by atoms with Gasteiger partial charge in [0.25, 0.3) is 0 Å². The van der Waals surface area contributed by atoms with E-state index in [9.17, 15) is 0 Å². The van der Waals surface area contributed by atoms with E-state index in [-0.39, 0.29) is 11.5 Å². The van der Waals surface area contributed by atoms with Crippen LogP contribution in [0.4, 0.5) is 0 Å². The Bertz CT molecular complexity index is 585. The minimum atomic E-state index is -1.12. The summed E-state index contributed by atoms with van der Waals surface area (Å²) in [5.41, 5.74) is 2.46. The van der Waals surface area contributed by atoms with E-state index in [1.54, 1.807) is 6.08 Å². The maximum absolute atomic E-state index is 6.30. The van der Waals surface area contributed by atoms with Gasteiger partial charge in [-0.25, -0.2) is 0 Å². The summed E-state index contributed by atoms with van der Waals surface area (Å²) in [5, 5.41) is 0. The van der Waals surface area contributed by atoms with E-state index in [0.29, 0.717) is 66.1 Å². The van der Waals surface area contributed by atoms with E-state index in [2.05, 4.69) is 64.7 Å². The molecule has 1 unspecified atom stereocenters. The lowest BCUT2D eigenvalue weighted by atomic mass is 9.84. The molecule has 0 saturated carbocycles. The second-order valence-corrected chi connectivity index (χ2v) is 11.3. The largest absolute Gasteiger partial charge is 0.413 e. The van der Waals surface area contributed by atoms with Crippen molar-refractivity contribution in [2.75, 3.05) is 59.5 Å². The Balaban J connectivity index is 2.07. The van der Waals surface area contributed by atoms with Gasteiger partial charge in [0.1, 0.15) is 0 Å². The van der Waals surface area contributed by atoms with Crippen LogP contribution in [0.3, 0.4) is 0 Å². The highest BCUT2D eigenvalue weighted by Gasteiger charge is 2.27. The normalized spacial score (nSPS) is 12.9. The Kier molecular flexibility index (Phi) is 15.8. The highest BCUT2D eigenvalue weighted by Crippen LogP contribution is 2.36. The summed E-state index contributed by atoms with van der Waals surface area (Å²) in [6, 6.07) is 8.58. The second-order valence-electron chi connectivity index (χ2n) is 8.93. The fourth-order valence-electron chi connectivity index (χ4n) is 2.98. The predicted molar refractivity (Wildman–Crippen MR) is 132 cm³/mol. The lowest BCUT2D eigenvalue weighted by Crippen LogP contribution is -2.25. The van der Waals surface area contributed by atoms with Crippen molar-refractivity contribution in [2.24, 2.45) is 5.41 Å². The average Bonchev–Trinajstić information content (AvgIpc) is 2.74. The first kappa shape index (κ1) is 29.0. The van der Waals surface area contributed by atoms with Crippen LogP contribution >= 0.6 is 0 Å². The summed E-state index contributed by atoms with van der Waals surface area (Å²) in [7, 11) is -1.12. The third kappa shape index (κ3) is 14.2. The molecule has 0 aliphatic rings. The number of ether oxygens (including phenoxy) is 5. The number of hydrogen-bond acceptors (Lipinski definition) is 6. The minimum absolute atomic E-state index is 0.0730. The van der Waals surface area contributed by atoms with Crippen LogP contribution in [-0.2, 0) is 34.7 Å². The first-order chi connectivity index (χ1) is 15.3. The van der Waals surface area contributed by atoms with Gasteiger partial charge in [-0.1, -0.05) is 51.1 Å². The maximum atomic E-state index is 6.30. The lowest BCUT2D eigenvalue weighted by molar-refractivity contribution is -0.0109. The molecular weight excluding hydrogens is 424 g/mol. The monoisotopic (exact) mass is 468 g/mol. The van der Waals surface area contributed by atoms with E-state index in [4.69, 9.17) is 28.1 Å². The molecule has 0 radical (unpaired) electrons. The zero-order valence-electron chi connectivity index (χ0n) is 20.8. The van der Waals surface area contributed by atoms with Gasteiger partial charge in [0.2, 0.25) is 0 Å². The summed E-state index contributed by atoms with van der Waals surface area (Å²) < 4.78 is 33.6.